The standard InChI is InChI=1S/C28H54NO10P/c1-3-5-6-7-8-9-10-11-12-13-14-15-16-17-18-19-20-27(32)37-21-24(30)22-38-40(35,36)39-23-25(28(33)34)29-26(31)4-2/h24-25,30H,3-23H2,1-2H3,(H,29,31)(H,33,34)(H,35,36). The first kappa shape index (κ1) is 38.5. The largest absolute Gasteiger partial charge is 0.480 e. The Bertz CT molecular complexity index is 721. The number of carboxylic acid groups (broad SMARTS) is 1. The van der Waals surface area contributed by atoms with Crippen molar-refractivity contribution >= 4 is 25.7 Å². The Labute approximate surface area is 240 Å². The van der Waals surface area contributed by atoms with E-state index in [-0.39, 0.29) is 12.8 Å². The second-order valence-electron chi connectivity index (χ2n) is 10.3. The first-order valence-electron chi connectivity index (χ1n) is 15.1. The second kappa shape index (κ2) is 25.2. The van der Waals surface area contributed by atoms with Crippen molar-refractivity contribution in [2.45, 2.75) is 142 Å². The Balaban J connectivity index is 3.72. The molecule has 0 radical (unpaired) electrons. The molecule has 0 aliphatic carbocycles. The molecule has 0 saturated heterocycles. The summed E-state index contributed by atoms with van der Waals surface area (Å²) < 4.78 is 26.1. The molecule has 0 aliphatic heterocycles. The zero-order chi connectivity index (χ0) is 30.1. The van der Waals surface area contributed by atoms with Crippen molar-refractivity contribution in [1.29, 1.82) is 0 Å². The highest BCUT2D eigenvalue weighted by Crippen LogP contribution is 2.43. The molecule has 40 heavy (non-hydrogen) atoms. The number of nitrogens with one attached hydrogen (secondary N) is 1. The summed E-state index contributed by atoms with van der Waals surface area (Å²) in [4.78, 5) is 44.0. The molecular weight excluding hydrogens is 541 g/mol. The smallest absolute Gasteiger partial charge is 0.472 e. The van der Waals surface area contributed by atoms with E-state index in [1.54, 1.807) is 0 Å². The van der Waals surface area contributed by atoms with Crippen molar-refractivity contribution in [3.05, 3.63) is 0 Å². The number of hydrogen-bond donors (Lipinski definition) is 4. The second-order valence-corrected chi connectivity index (χ2v) is 11.7. The topological polar surface area (TPSA) is 169 Å². The molecule has 0 aromatic carbocycles. The van der Waals surface area contributed by atoms with Gasteiger partial charge in [-0.1, -0.05) is 110 Å². The number of aliphatic hydroxyl groups is 1. The van der Waals surface area contributed by atoms with Crippen molar-refractivity contribution in [2.24, 2.45) is 0 Å². The zero-order valence-electron chi connectivity index (χ0n) is 24.7. The molecule has 4 N–H and O–H groups in total. The van der Waals surface area contributed by atoms with Crippen LogP contribution in [0.3, 0.4) is 0 Å². The number of unbranched alkanes of at least 4 members (excludes halogenated alkanes) is 15. The molecule has 11 nitrogen and oxygen atoms in total. The van der Waals surface area contributed by atoms with Crippen LogP contribution in [-0.4, -0.2) is 64.9 Å². The first-order chi connectivity index (χ1) is 19.1. The van der Waals surface area contributed by atoms with Gasteiger partial charge in [0.1, 0.15) is 12.7 Å². The normalized spacial score (nSPS) is 14.3. The van der Waals surface area contributed by atoms with Gasteiger partial charge in [0.15, 0.2) is 6.04 Å². The fourth-order valence-corrected chi connectivity index (χ4v) is 4.76. The fourth-order valence-electron chi connectivity index (χ4n) is 3.98. The number of aliphatic hydroxyl groups excluding tert-OH is 1. The molecule has 0 saturated carbocycles. The molecule has 0 bridgehead atoms. The number of carbonyl (C=O) groups excluding carboxylic acids is 2. The Morgan fingerprint density at radius 2 is 1.18 bits per heavy atom. The van der Waals surface area contributed by atoms with E-state index in [1.165, 1.54) is 84.0 Å². The van der Waals surface area contributed by atoms with Gasteiger partial charge in [-0.15, -0.1) is 0 Å². The lowest BCUT2D eigenvalue weighted by Crippen LogP contribution is -2.43. The number of ether oxygens (including phenoxy) is 1. The minimum atomic E-state index is -4.70. The zero-order valence-corrected chi connectivity index (χ0v) is 25.5. The molecule has 0 spiro atoms. The van der Waals surface area contributed by atoms with Gasteiger partial charge < -0.3 is 25.2 Å². The van der Waals surface area contributed by atoms with Crippen molar-refractivity contribution in [1.82, 2.24) is 5.32 Å². The Morgan fingerprint density at radius 1 is 0.725 bits per heavy atom. The van der Waals surface area contributed by atoms with Gasteiger partial charge in [0.2, 0.25) is 5.91 Å². The van der Waals surface area contributed by atoms with Crippen LogP contribution >= 0.6 is 7.82 Å². The molecule has 0 heterocycles. The monoisotopic (exact) mass is 595 g/mol. The Morgan fingerprint density at radius 3 is 1.62 bits per heavy atom. The number of hydrogen-bond acceptors (Lipinski definition) is 8. The lowest BCUT2D eigenvalue weighted by Gasteiger charge is -2.18. The minimum absolute atomic E-state index is 0.0292. The molecule has 1 amide bonds. The molecule has 0 fully saturated rings. The highest BCUT2D eigenvalue weighted by atomic mass is 31.2. The molecule has 3 atom stereocenters. The highest BCUT2D eigenvalue weighted by Gasteiger charge is 2.28. The number of carbonyl (C=O) groups is 3. The van der Waals surface area contributed by atoms with E-state index in [1.807, 2.05) is 0 Å². The van der Waals surface area contributed by atoms with Gasteiger partial charge in [0.25, 0.3) is 0 Å². The number of phosphoric acid groups is 1. The summed E-state index contributed by atoms with van der Waals surface area (Å²) in [5.41, 5.74) is 0. The summed E-state index contributed by atoms with van der Waals surface area (Å²) in [6.45, 7) is 1.88. The van der Waals surface area contributed by atoms with Crippen LogP contribution in [0.25, 0.3) is 0 Å². The van der Waals surface area contributed by atoms with Gasteiger partial charge in [0.05, 0.1) is 13.2 Å². The van der Waals surface area contributed by atoms with Crippen LogP contribution in [0, 0.1) is 0 Å². The van der Waals surface area contributed by atoms with E-state index in [9.17, 15) is 28.9 Å². The van der Waals surface area contributed by atoms with Crippen LogP contribution in [0.1, 0.15) is 129 Å². The van der Waals surface area contributed by atoms with Crippen LogP contribution in [0.2, 0.25) is 0 Å². The first-order valence-corrected chi connectivity index (χ1v) is 16.6. The molecule has 0 aromatic rings. The predicted octanol–water partition coefficient (Wildman–Crippen LogP) is 5.66. The lowest BCUT2D eigenvalue weighted by molar-refractivity contribution is -0.147. The van der Waals surface area contributed by atoms with E-state index in [2.05, 4.69) is 21.3 Å². The van der Waals surface area contributed by atoms with E-state index in [0.717, 1.165) is 19.3 Å². The molecule has 0 rings (SSSR count). The molecule has 0 aromatic heterocycles. The van der Waals surface area contributed by atoms with Crippen LogP contribution in [0.4, 0.5) is 0 Å². The average molecular weight is 596 g/mol. The van der Waals surface area contributed by atoms with Crippen molar-refractivity contribution in [3.63, 3.8) is 0 Å². The Kier molecular flexibility index (Phi) is 24.3. The van der Waals surface area contributed by atoms with E-state index >= 15 is 0 Å². The van der Waals surface area contributed by atoms with Crippen molar-refractivity contribution < 1.29 is 47.8 Å². The van der Waals surface area contributed by atoms with Gasteiger partial charge in [-0.25, -0.2) is 9.36 Å². The molecule has 236 valence electrons. The van der Waals surface area contributed by atoms with Gasteiger partial charge in [-0.2, -0.15) is 0 Å². The number of aliphatic carboxylic acids is 1. The number of amides is 1. The summed E-state index contributed by atoms with van der Waals surface area (Å²) >= 11 is 0. The SMILES string of the molecule is CCCCCCCCCCCCCCCCCCC(=O)OCC(O)COP(=O)(O)OCC(NC(=O)CC)C(=O)O. The molecule has 12 heteroatoms. The highest BCUT2D eigenvalue weighted by molar-refractivity contribution is 7.47. The number of carboxylic acids is 1. The van der Waals surface area contributed by atoms with E-state index in [4.69, 9.17) is 9.84 Å². The summed E-state index contributed by atoms with van der Waals surface area (Å²) in [5.74, 6) is -2.48. The summed E-state index contributed by atoms with van der Waals surface area (Å²) in [5, 5.41) is 21.0. The maximum atomic E-state index is 11.9. The van der Waals surface area contributed by atoms with Gasteiger partial charge in [0, 0.05) is 12.8 Å². The Hall–Kier alpha value is -1.52. The van der Waals surface area contributed by atoms with Crippen LogP contribution in [0.5, 0.6) is 0 Å². The maximum absolute atomic E-state index is 11.9. The van der Waals surface area contributed by atoms with Crippen molar-refractivity contribution in [2.75, 3.05) is 19.8 Å². The average Bonchev–Trinajstić information content (AvgIpc) is 2.92. The fraction of sp³-hybridized carbons (Fsp3) is 0.893. The summed E-state index contributed by atoms with van der Waals surface area (Å²) in [6, 6.07) is -1.54. The van der Waals surface area contributed by atoms with Gasteiger partial charge in [-0.3, -0.25) is 18.6 Å². The third kappa shape index (κ3) is 24.3. The third-order valence-electron chi connectivity index (χ3n) is 6.46. The quantitative estimate of drug-likeness (QED) is 0.0503. The number of esters is 1. The molecule has 3 unspecified atom stereocenters. The van der Waals surface area contributed by atoms with Crippen LogP contribution in [0.15, 0.2) is 0 Å². The van der Waals surface area contributed by atoms with Crippen LogP contribution < -0.4 is 5.32 Å². The number of rotatable bonds is 28. The van der Waals surface area contributed by atoms with Crippen LogP contribution in [-0.2, 0) is 32.7 Å². The number of phosphoric ester groups is 1. The summed E-state index contributed by atoms with van der Waals surface area (Å²) in [7, 11) is -4.70. The molecule has 0 aliphatic rings. The predicted molar refractivity (Wildman–Crippen MR) is 153 cm³/mol. The van der Waals surface area contributed by atoms with E-state index in [0.29, 0.717) is 6.42 Å². The van der Waals surface area contributed by atoms with Gasteiger partial charge in [-0.05, 0) is 6.42 Å². The minimum Gasteiger partial charge on any atom is -0.480 e. The maximum Gasteiger partial charge on any atom is 0.472 e. The van der Waals surface area contributed by atoms with E-state index < -0.39 is 57.6 Å². The summed E-state index contributed by atoms with van der Waals surface area (Å²) in [6.07, 6.45) is 18.7. The van der Waals surface area contributed by atoms with Gasteiger partial charge >= 0.3 is 19.8 Å². The molecular formula is C28H54NO10P. The lowest BCUT2D eigenvalue weighted by atomic mass is 10.0. The third-order valence-corrected chi connectivity index (χ3v) is 7.41. The van der Waals surface area contributed by atoms with Crippen molar-refractivity contribution in [3.8, 4) is 0 Å².